The van der Waals surface area contributed by atoms with Gasteiger partial charge < -0.3 is 19.7 Å². The molecule has 1 saturated heterocycles. The lowest BCUT2D eigenvalue weighted by atomic mass is 9.94. The molecule has 8 nitrogen and oxygen atoms in total. The number of hydrogen-bond acceptors (Lipinski definition) is 6. The zero-order valence-electron chi connectivity index (χ0n) is 19.0. The summed E-state index contributed by atoms with van der Waals surface area (Å²) < 4.78 is 49.5. The lowest BCUT2D eigenvalue weighted by molar-refractivity contribution is -0.384. The number of carbonyl (C=O) groups is 1. The van der Waals surface area contributed by atoms with Crippen LogP contribution >= 0.6 is 0 Å². The molecule has 11 heteroatoms. The number of rotatable bonds is 7. The molecule has 184 valence electrons. The van der Waals surface area contributed by atoms with Crippen LogP contribution in [0.1, 0.15) is 36.9 Å². The van der Waals surface area contributed by atoms with Gasteiger partial charge in [-0.3, -0.25) is 14.9 Å². The molecule has 0 saturated carbocycles. The molecule has 0 unspecified atom stereocenters. The van der Waals surface area contributed by atoms with Crippen LogP contribution in [0.3, 0.4) is 0 Å². The normalized spacial score (nSPS) is 15.5. The highest BCUT2D eigenvalue weighted by Gasteiger charge is 2.35. The molecule has 1 N–H and O–H groups in total. The van der Waals surface area contributed by atoms with Crippen LogP contribution in [0.2, 0.25) is 0 Å². The molecule has 2 aromatic rings. The molecule has 1 atom stereocenters. The zero-order valence-corrected chi connectivity index (χ0v) is 19.0. The van der Waals surface area contributed by atoms with E-state index in [4.69, 9.17) is 9.47 Å². The molecule has 0 spiro atoms. The Morgan fingerprint density at radius 2 is 1.82 bits per heavy atom. The van der Waals surface area contributed by atoms with Crippen molar-refractivity contribution in [3.8, 4) is 11.5 Å². The van der Waals surface area contributed by atoms with Gasteiger partial charge in [-0.25, -0.2) is 0 Å². The molecule has 0 bridgehead atoms. The number of carbonyl (C=O) groups excluding carboxylic acids is 1. The summed E-state index contributed by atoms with van der Waals surface area (Å²) in [6, 6.07) is 7.46. The second kappa shape index (κ2) is 10.2. The van der Waals surface area contributed by atoms with Crippen LogP contribution in [0.15, 0.2) is 36.4 Å². The van der Waals surface area contributed by atoms with Gasteiger partial charge in [0.15, 0.2) is 0 Å². The standard InChI is InChI=1S/C23H26F3N3O5/c1-14(18-13-17(33-2)5-7-21(18)34-3)27-22(30)15-8-10-28(11-9-15)19-6-4-16(23(24,25)26)12-20(19)29(31)32/h4-7,12-15H,8-11H2,1-3H3,(H,27,30)/t14-/m0/s1. The molecular weight excluding hydrogens is 455 g/mol. The van der Waals surface area contributed by atoms with Gasteiger partial charge in [-0.1, -0.05) is 0 Å². The number of methoxy groups -OCH3 is 2. The van der Waals surface area contributed by atoms with Crippen molar-refractivity contribution >= 4 is 17.3 Å². The van der Waals surface area contributed by atoms with E-state index in [1.54, 1.807) is 30.2 Å². The zero-order chi connectivity index (χ0) is 25.0. The highest BCUT2D eigenvalue weighted by Crippen LogP contribution is 2.38. The molecule has 2 aromatic carbocycles. The predicted octanol–water partition coefficient (Wildman–Crippen LogP) is 4.72. The molecule has 34 heavy (non-hydrogen) atoms. The number of nitro benzene ring substituents is 1. The van der Waals surface area contributed by atoms with Crippen molar-refractivity contribution in [3.63, 3.8) is 0 Å². The van der Waals surface area contributed by atoms with Crippen molar-refractivity contribution in [3.05, 3.63) is 57.6 Å². The minimum Gasteiger partial charge on any atom is -0.497 e. The van der Waals surface area contributed by atoms with E-state index in [0.29, 0.717) is 43.5 Å². The first-order chi connectivity index (χ1) is 16.0. The Hall–Kier alpha value is -3.50. The van der Waals surface area contributed by atoms with E-state index >= 15 is 0 Å². The molecule has 0 aliphatic carbocycles. The van der Waals surface area contributed by atoms with E-state index in [1.807, 2.05) is 6.92 Å². The molecular formula is C23H26F3N3O5. The van der Waals surface area contributed by atoms with Crippen LogP contribution in [0.4, 0.5) is 24.5 Å². The summed E-state index contributed by atoms with van der Waals surface area (Å²) >= 11 is 0. The Kier molecular flexibility index (Phi) is 7.53. The van der Waals surface area contributed by atoms with Crippen molar-refractivity contribution in [2.45, 2.75) is 32.0 Å². The van der Waals surface area contributed by atoms with E-state index < -0.39 is 22.4 Å². The summed E-state index contributed by atoms with van der Waals surface area (Å²) in [5.41, 5.74) is -0.796. The maximum absolute atomic E-state index is 13.0. The summed E-state index contributed by atoms with van der Waals surface area (Å²) in [5, 5.41) is 14.4. The quantitative estimate of drug-likeness (QED) is 0.454. The first kappa shape index (κ1) is 25.1. The number of hydrogen-bond donors (Lipinski definition) is 1. The molecule has 3 rings (SSSR count). The van der Waals surface area contributed by atoms with Gasteiger partial charge in [0.25, 0.3) is 5.69 Å². The Morgan fingerprint density at radius 1 is 1.15 bits per heavy atom. The number of nitrogens with zero attached hydrogens (tertiary/aromatic N) is 2. The number of nitrogens with one attached hydrogen (secondary N) is 1. The average molecular weight is 481 g/mol. The summed E-state index contributed by atoms with van der Waals surface area (Å²) in [5.74, 6) is 0.740. The first-order valence-corrected chi connectivity index (χ1v) is 10.7. The van der Waals surface area contributed by atoms with Crippen molar-refractivity contribution in [1.29, 1.82) is 0 Å². The van der Waals surface area contributed by atoms with E-state index in [2.05, 4.69) is 5.32 Å². The minimum atomic E-state index is -4.67. The fourth-order valence-corrected chi connectivity index (χ4v) is 4.08. The second-order valence-electron chi connectivity index (χ2n) is 8.06. The van der Waals surface area contributed by atoms with Crippen molar-refractivity contribution in [2.24, 2.45) is 5.92 Å². The van der Waals surface area contributed by atoms with Gasteiger partial charge in [0.05, 0.1) is 30.7 Å². The first-order valence-electron chi connectivity index (χ1n) is 10.7. The summed E-state index contributed by atoms with van der Waals surface area (Å²) in [4.78, 5) is 25.1. The minimum absolute atomic E-state index is 0.117. The Balaban J connectivity index is 1.67. The third-order valence-electron chi connectivity index (χ3n) is 5.97. The smallest absolute Gasteiger partial charge is 0.416 e. The van der Waals surface area contributed by atoms with E-state index in [9.17, 15) is 28.1 Å². The number of halogens is 3. The predicted molar refractivity (Wildman–Crippen MR) is 119 cm³/mol. The molecule has 1 aliphatic rings. The topological polar surface area (TPSA) is 93.9 Å². The largest absolute Gasteiger partial charge is 0.497 e. The van der Waals surface area contributed by atoms with Gasteiger partial charge in [-0.15, -0.1) is 0 Å². The van der Waals surface area contributed by atoms with Crippen LogP contribution in [0.5, 0.6) is 11.5 Å². The van der Waals surface area contributed by atoms with Crippen LogP contribution in [-0.2, 0) is 11.0 Å². The van der Waals surface area contributed by atoms with Crippen molar-refractivity contribution in [2.75, 3.05) is 32.2 Å². The maximum Gasteiger partial charge on any atom is 0.416 e. The number of amides is 1. The molecule has 1 heterocycles. The summed E-state index contributed by atoms with van der Waals surface area (Å²) in [7, 11) is 3.08. The number of piperidine rings is 1. The van der Waals surface area contributed by atoms with Crippen LogP contribution in [-0.4, -0.2) is 38.1 Å². The van der Waals surface area contributed by atoms with Gasteiger partial charge in [-0.05, 0) is 50.1 Å². The van der Waals surface area contributed by atoms with E-state index in [1.165, 1.54) is 7.11 Å². The highest BCUT2D eigenvalue weighted by atomic mass is 19.4. The SMILES string of the molecule is COc1ccc(OC)c([C@H](C)NC(=O)C2CCN(c3ccc(C(F)(F)F)cc3[N+](=O)[O-])CC2)c1. The highest BCUT2D eigenvalue weighted by molar-refractivity contribution is 5.79. The lowest BCUT2D eigenvalue weighted by Gasteiger charge is -2.33. The molecule has 1 aliphatic heterocycles. The second-order valence-corrected chi connectivity index (χ2v) is 8.06. The number of ether oxygens (including phenoxy) is 2. The number of alkyl halides is 3. The fraction of sp³-hybridized carbons (Fsp3) is 0.435. The van der Waals surface area contributed by atoms with Crippen molar-refractivity contribution < 1.29 is 32.4 Å². The van der Waals surface area contributed by atoms with E-state index in [0.717, 1.165) is 17.7 Å². The van der Waals surface area contributed by atoms with Gasteiger partial charge in [0.2, 0.25) is 5.91 Å². The number of nitro groups is 1. The van der Waals surface area contributed by atoms with Crippen LogP contribution in [0, 0.1) is 16.0 Å². The molecule has 0 radical (unpaired) electrons. The lowest BCUT2D eigenvalue weighted by Crippen LogP contribution is -2.41. The van der Waals surface area contributed by atoms with Gasteiger partial charge in [0, 0.05) is 30.6 Å². The average Bonchev–Trinajstić information content (AvgIpc) is 2.82. The third kappa shape index (κ3) is 5.52. The Bertz CT molecular complexity index is 1050. The maximum atomic E-state index is 13.0. The van der Waals surface area contributed by atoms with Crippen LogP contribution < -0.4 is 19.7 Å². The number of benzene rings is 2. The third-order valence-corrected chi connectivity index (χ3v) is 5.97. The summed E-state index contributed by atoms with van der Waals surface area (Å²) in [6.07, 6.45) is -3.85. The fourth-order valence-electron chi connectivity index (χ4n) is 4.08. The van der Waals surface area contributed by atoms with E-state index in [-0.39, 0.29) is 23.6 Å². The van der Waals surface area contributed by atoms with Crippen molar-refractivity contribution in [1.82, 2.24) is 5.32 Å². The summed E-state index contributed by atoms with van der Waals surface area (Å²) in [6.45, 7) is 2.44. The monoisotopic (exact) mass is 481 g/mol. The molecule has 1 amide bonds. The van der Waals surface area contributed by atoms with Gasteiger partial charge >= 0.3 is 6.18 Å². The Labute approximate surface area is 194 Å². The van der Waals surface area contributed by atoms with Gasteiger partial charge in [-0.2, -0.15) is 13.2 Å². The van der Waals surface area contributed by atoms with Gasteiger partial charge in [0.1, 0.15) is 17.2 Å². The Morgan fingerprint density at radius 3 is 2.38 bits per heavy atom. The molecule has 1 fully saturated rings. The van der Waals surface area contributed by atoms with Crippen LogP contribution in [0.25, 0.3) is 0 Å². The number of anilines is 1. The molecule has 0 aromatic heterocycles.